The molecule has 0 aliphatic carbocycles. The average Bonchev–Trinajstić information content (AvgIpc) is 2.38. The second kappa shape index (κ2) is 5.79. The minimum Gasteiger partial charge on any atom is -0.486 e. The molecule has 1 heterocycles. The van der Waals surface area contributed by atoms with Gasteiger partial charge in [-0.05, 0) is 24.5 Å². The van der Waals surface area contributed by atoms with Crippen molar-refractivity contribution in [2.45, 2.75) is 73.8 Å². The molecule has 0 fully saturated rings. The van der Waals surface area contributed by atoms with E-state index in [4.69, 9.17) is 4.74 Å². The minimum atomic E-state index is -0.103. The molecule has 2 rings (SSSR count). The Hall–Kier alpha value is -0.980. The molecule has 0 unspecified atom stereocenters. The number of fused-ring (bicyclic) bond motifs is 1. The van der Waals surface area contributed by atoms with Crippen molar-refractivity contribution in [2.75, 3.05) is 0 Å². The number of benzene rings is 1. The van der Waals surface area contributed by atoms with Crippen molar-refractivity contribution in [2.24, 2.45) is 10.8 Å². The van der Waals surface area contributed by atoms with Gasteiger partial charge >= 0.3 is 0 Å². The van der Waals surface area contributed by atoms with Gasteiger partial charge in [0.2, 0.25) is 0 Å². The van der Waals surface area contributed by atoms with Crippen LogP contribution in [0.4, 0.5) is 0 Å². The summed E-state index contributed by atoms with van der Waals surface area (Å²) in [5.74, 6) is 1.08. The van der Waals surface area contributed by atoms with Gasteiger partial charge in [-0.15, -0.1) is 0 Å². The van der Waals surface area contributed by atoms with Gasteiger partial charge in [-0.1, -0.05) is 73.6 Å². The summed E-state index contributed by atoms with van der Waals surface area (Å²) < 4.78 is 6.55. The molecular formula is C19H32O. The number of aryl methyl sites for hydroxylation is 1. The third-order valence-electron chi connectivity index (χ3n) is 4.43. The van der Waals surface area contributed by atoms with Crippen molar-refractivity contribution in [3.05, 3.63) is 29.8 Å². The summed E-state index contributed by atoms with van der Waals surface area (Å²) >= 11 is 0. The molecule has 0 saturated carbocycles. The average molecular weight is 276 g/mol. The molecule has 0 aromatic heterocycles. The topological polar surface area (TPSA) is 9.23 Å². The highest BCUT2D eigenvalue weighted by molar-refractivity contribution is 5.37. The third kappa shape index (κ3) is 2.87. The van der Waals surface area contributed by atoms with Crippen LogP contribution >= 0.6 is 0 Å². The molecule has 0 N–H and O–H groups in total. The highest BCUT2D eigenvalue weighted by Gasteiger charge is 2.54. The van der Waals surface area contributed by atoms with E-state index in [1.54, 1.807) is 0 Å². The maximum atomic E-state index is 6.55. The van der Waals surface area contributed by atoms with E-state index in [-0.39, 0.29) is 16.4 Å². The lowest BCUT2D eigenvalue weighted by Gasteiger charge is -2.55. The Morgan fingerprint density at radius 3 is 1.90 bits per heavy atom. The summed E-state index contributed by atoms with van der Waals surface area (Å²) in [4.78, 5) is 0. The lowest BCUT2D eigenvalue weighted by Crippen LogP contribution is -2.59. The molecule has 1 aliphatic rings. The van der Waals surface area contributed by atoms with Crippen molar-refractivity contribution >= 4 is 0 Å². The molecule has 1 heteroatoms. The van der Waals surface area contributed by atoms with Gasteiger partial charge < -0.3 is 4.74 Å². The van der Waals surface area contributed by atoms with Gasteiger partial charge in [0.1, 0.15) is 11.4 Å². The molecule has 1 aromatic rings. The Bertz CT molecular complexity index is 418. The van der Waals surface area contributed by atoms with E-state index in [1.807, 2.05) is 13.8 Å². The lowest BCUT2D eigenvalue weighted by molar-refractivity contribution is -0.127. The predicted molar refractivity (Wildman–Crippen MR) is 88.4 cm³/mol. The van der Waals surface area contributed by atoms with Crippen molar-refractivity contribution in [3.8, 4) is 5.75 Å². The van der Waals surface area contributed by atoms with Gasteiger partial charge in [-0.25, -0.2) is 0 Å². The third-order valence-corrected chi connectivity index (χ3v) is 4.43. The zero-order valence-corrected chi connectivity index (χ0v) is 14.6. The van der Waals surface area contributed by atoms with Crippen LogP contribution in [0.3, 0.4) is 0 Å². The quantitative estimate of drug-likeness (QED) is 0.576. The smallest absolute Gasteiger partial charge is 0.123 e. The van der Waals surface area contributed by atoms with E-state index >= 15 is 0 Å². The van der Waals surface area contributed by atoms with Crippen molar-refractivity contribution < 1.29 is 4.74 Å². The van der Waals surface area contributed by atoms with Crippen LogP contribution in [0.15, 0.2) is 24.3 Å². The first-order chi connectivity index (χ1) is 9.17. The van der Waals surface area contributed by atoms with Crippen LogP contribution < -0.4 is 4.74 Å². The van der Waals surface area contributed by atoms with Crippen LogP contribution in [-0.2, 0) is 6.42 Å². The van der Waals surface area contributed by atoms with Crippen LogP contribution in [0, 0.1) is 10.8 Å². The van der Waals surface area contributed by atoms with E-state index in [0.29, 0.717) is 0 Å². The van der Waals surface area contributed by atoms with E-state index in [1.165, 1.54) is 5.56 Å². The Balaban J connectivity index is 0.000000956. The fourth-order valence-corrected chi connectivity index (χ4v) is 3.54. The molecule has 0 amide bonds. The van der Waals surface area contributed by atoms with Crippen molar-refractivity contribution in [3.63, 3.8) is 0 Å². The van der Waals surface area contributed by atoms with Crippen LogP contribution in [0.5, 0.6) is 5.75 Å². The Kier molecular flexibility index (Phi) is 4.94. The van der Waals surface area contributed by atoms with Crippen LogP contribution in [0.2, 0.25) is 0 Å². The maximum absolute atomic E-state index is 6.55. The molecule has 1 aromatic carbocycles. The largest absolute Gasteiger partial charge is 0.486 e. The minimum absolute atomic E-state index is 0.103. The summed E-state index contributed by atoms with van der Waals surface area (Å²) in [7, 11) is 0. The molecule has 1 nitrogen and oxygen atoms in total. The van der Waals surface area contributed by atoms with Crippen LogP contribution in [0.1, 0.15) is 67.4 Å². The number of ether oxygens (including phenoxy) is 1. The van der Waals surface area contributed by atoms with Gasteiger partial charge in [-0.2, -0.15) is 0 Å². The Labute approximate surface area is 125 Å². The molecule has 0 radical (unpaired) electrons. The zero-order valence-electron chi connectivity index (χ0n) is 14.6. The normalized spacial score (nSPS) is 17.4. The Morgan fingerprint density at radius 1 is 0.900 bits per heavy atom. The molecule has 1 aliphatic heterocycles. The first-order valence-corrected chi connectivity index (χ1v) is 7.94. The van der Waals surface area contributed by atoms with Gasteiger partial charge in [0.05, 0.1) is 0 Å². The fraction of sp³-hybridized carbons (Fsp3) is 0.684. The van der Waals surface area contributed by atoms with Gasteiger partial charge in [0.15, 0.2) is 0 Å². The molecule has 114 valence electrons. The highest BCUT2D eigenvalue weighted by Crippen LogP contribution is 2.52. The van der Waals surface area contributed by atoms with Gasteiger partial charge in [0.25, 0.3) is 0 Å². The monoisotopic (exact) mass is 276 g/mol. The second-order valence-corrected chi connectivity index (χ2v) is 7.54. The summed E-state index contributed by atoms with van der Waals surface area (Å²) in [6.45, 7) is 17.8. The predicted octanol–water partition coefficient (Wildman–Crippen LogP) is 5.87. The molecule has 0 atom stereocenters. The highest BCUT2D eigenvalue weighted by atomic mass is 16.5. The number of para-hydroxylation sites is 1. The first kappa shape index (κ1) is 17.1. The summed E-state index contributed by atoms with van der Waals surface area (Å²) in [5.41, 5.74) is 1.49. The number of hydrogen-bond acceptors (Lipinski definition) is 1. The number of rotatable bonds is 0. The fourth-order valence-electron chi connectivity index (χ4n) is 3.54. The molecular weight excluding hydrogens is 244 g/mol. The second-order valence-electron chi connectivity index (χ2n) is 7.54. The van der Waals surface area contributed by atoms with Crippen molar-refractivity contribution in [1.29, 1.82) is 0 Å². The van der Waals surface area contributed by atoms with Crippen LogP contribution in [0.25, 0.3) is 0 Å². The van der Waals surface area contributed by atoms with E-state index in [0.717, 1.165) is 18.6 Å². The van der Waals surface area contributed by atoms with Gasteiger partial charge in [0, 0.05) is 10.8 Å². The molecule has 0 spiro atoms. The molecule has 0 bridgehead atoms. The summed E-state index contributed by atoms with van der Waals surface area (Å²) in [6.07, 6.45) is 2.21. The van der Waals surface area contributed by atoms with Crippen LogP contribution in [-0.4, -0.2) is 5.60 Å². The lowest BCUT2D eigenvalue weighted by atomic mass is 9.59. The first-order valence-electron chi connectivity index (χ1n) is 7.94. The van der Waals surface area contributed by atoms with E-state index in [9.17, 15) is 0 Å². The summed E-state index contributed by atoms with van der Waals surface area (Å²) in [5, 5.41) is 0. The molecule has 20 heavy (non-hydrogen) atoms. The zero-order chi connectivity index (χ0) is 15.6. The maximum Gasteiger partial charge on any atom is 0.123 e. The molecule has 0 saturated heterocycles. The summed E-state index contributed by atoms with van der Waals surface area (Å²) in [6, 6.07) is 8.47. The van der Waals surface area contributed by atoms with Gasteiger partial charge in [-0.3, -0.25) is 0 Å². The SMILES string of the molecule is CC.CC(C)(C)C1(C(C)(C)C)CCc2ccccc2O1. The Morgan fingerprint density at radius 2 is 1.40 bits per heavy atom. The standard InChI is InChI=1S/C17H26O.C2H6/c1-15(2,3)17(16(4,5)6)12-11-13-9-7-8-10-14(13)18-17;1-2/h7-10H,11-12H2,1-6H3;1-2H3. The number of hydrogen-bond donors (Lipinski definition) is 0. The van der Waals surface area contributed by atoms with E-state index < -0.39 is 0 Å². The van der Waals surface area contributed by atoms with E-state index in [2.05, 4.69) is 65.8 Å². The van der Waals surface area contributed by atoms with Crippen molar-refractivity contribution in [1.82, 2.24) is 0 Å².